The molecule has 2 aliphatic rings. The lowest BCUT2D eigenvalue weighted by Gasteiger charge is -2.33. The molecule has 2 N–H and O–H groups in total. The molecule has 2 aromatic rings. The number of anilines is 1. The van der Waals surface area contributed by atoms with Crippen molar-refractivity contribution in [1.82, 2.24) is 15.5 Å². The number of piperidine rings is 1. The fourth-order valence-corrected chi connectivity index (χ4v) is 4.44. The highest BCUT2D eigenvalue weighted by Crippen LogP contribution is 2.24. The predicted octanol–water partition coefficient (Wildman–Crippen LogP) is 3.30. The van der Waals surface area contributed by atoms with E-state index in [4.69, 9.17) is 4.42 Å². The van der Waals surface area contributed by atoms with Gasteiger partial charge in [0.15, 0.2) is 5.96 Å². The number of rotatable bonds is 7. The average Bonchev–Trinajstić information content (AvgIpc) is 3.49. The number of benzene rings is 1. The molecular weight excluding hydrogens is 390 g/mol. The van der Waals surface area contributed by atoms with E-state index in [1.54, 1.807) is 13.3 Å². The van der Waals surface area contributed by atoms with E-state index in [1.165, 1.54) is 19.3 Å². The molecule has 2 fully saturated rings. The van der Waals surface area contributed by atoms with Crippen LogP contribution in [0.3, 0.4) is 0 Å². The molecule has 0 radical (unpaired) electrons. The molecule has 31 heavy (non-hydrogen) atoms. The molecule has 1 unspecified atom stereocenters. The lowest BCUT2D eigenvalue weighted by molar-refractivity contribution is -0.117. The van der Waals surface area contributed by atoms with Crippen molar-refractivity contribution in [2.75, 3.05) is 38.1 Å². The van der Waals surface area contributed by atoms with Crippen molar-refractivity contribution in [3.05, 3.63) is 54.0 Å². The SMILES string of the molecule is CN=C(NCc1ccc(N2CCCC2=O)cc1)NCC(c1ccco1)N1CCCCC1. The molecule has 2 saturated heterocycles. The maximum absolute atomic E-state index is 11.9. The fraction of sp³-hybridized carbons (Fsp3) is 0.500. The second-order valence-corrected chi connectivity index (χ2v) is 8.25. The zero-order valence-corrected chi connectivity index (χ0v) is 18.3. The molecule has 0 saturated carbocycles. The predicted molar refractivity (Wildman–Crippen MR) is 123 cm³/mol. The summed E-state index contributed by atoms with van der Waals surface area (Å²) in [5.41, 5.74) is 2.13. The van der Waals surface area contributed by atoms with Crippen LogP contribution in [0.25, 0.3) is 0 Å². The van der Waals surface area contributed by atoms with E-state index in [0.29, 0.717) is 13.0 Å². The first kappa shape index (κ1) is 21.4. The molecule has 7 nitrogen and oxygen atoms in total. The molecule has 0 aliphatic carbocycles. The van der Waals surface area contributed by atoms with Gasteiger partial charge in [0.25, 0.3) is 0 Å². The number of furan rings is 1. The van der Waals surface area contributed by atoms with Crippen LogP contribution in [-0.2, 0) is 11.3 Å². The van der Waals surface area contributed by atoms with Crippen LogP contribution in [0.15, 0.2) is 52.1 Å². The molecule has 0 bridgehead atoms. The molecule has 1 atom stereocenters. The Morgan fingerprint density at radius 1 is 1.06 bits per heavy atom. The minimum absolute atomic E-state index is 0.200. The summed E-state index contributed by atoms with van der Waals surface area (Å²) in [6, 6.07) is 12.4. The summed E-state index contributed by atoms with van der Waals surface area (Å²) in [5.74, 6) is 1.99. The van der Waals surface area contributed by atoms with Gasteiger partial charge in [-0.2, -0.15) is 0 Å². The van der Waals surface area contributed by atoms with E-state index in [9.17, 15) is 4.79 Å². The number of nitrogens with zero attached hydrogens (tertiary/aromatic N) is 3. The van der Waals surface area contributed by atoms with Crippen LogP contribution in [-0.4, -0.2) is 50.0 Å². The summed E-state index contributed by atoms with van der Waals surface area (Å²) in [7, 11) is 1.79. The number of carbonyl (C=O) groups excluding carboxylic acids is 1. The standard InChI is InChI=1S/C24H33N5O2/c1-25-24(26-17-19-9-11-20(12-10-19)29-15-5-8-23(29)30)27-18-21(22-7-6-16-31-22)28-13-3-2-4-14-28/h6-7,9-12,16,21H,2-5,8,13-15,17-18H2,1H3,(H2,25,26,27). The van der Waals surface area contributed by atoms with Crippen LogP contribution < -0.4 is 15.5 Å². The highest BCUT2D eigenvalue weighted by Gasteiger charge is 2.24. The van der Waals surface area contributed by atoms with Gasteiger partial charge in [-0.05, 0) is 62.2 Å². The van der Waals surface area contributed by atoms with Crippen molar-refractivity contribution in [3.63, 3.8) is 0 Å². The largest absolute Gasteiger partial charge is 0.468 e. The van der Waals surface area contributed by atoms with Gasteiger partial charge in [-0.25, -0.2) is 0 Å². The lowest BCUT2D eigenvalue weighted by Crippen LogP contribution is -2.44. The van der Waals surface area contributed by atoms with Crippen LogP contribution in [0.1, 0.15) is 49.5 Å². The Hall–Kier alpha value is -2.80. The minimum atomic E-state index is 0.200. The van der Waals surface area contributed by atoms with Gasteiger partial charge in [0.2, 0.25) is 5.91 Å². The Labute approximate surface area is 184 Å². The van der Waals surface area contributed by atoms with Crippen LogP contribution in [0, 0.1) is 0 Å². The summed E-state index contributed by atoms with van der Waals surface area (Å²) in [6.45, 7) is 4.43. The highest BCUT2D eigenvalue weighted by atomic mass is 16.3. The van der Waals surface area contributed by atoms with Gasteiger partial charge in [-0.15, -0.1) is 0 Å². The molecule has 1 aromatic heterocycles. The summed E-state index contributed by atoms with van der Waals surface area (Å²) in [4.78, 5) is 20.7. The molecule has 7 heteroatoms. The quantitative estimate of drug-likeness (QED) is 0.528. The summed E-state index contributed by atoms with van der Waals surface area (Å²) in [5, 5.41) is 6.87. The Bertz CT molecular complexity index is 857. The van der Waals surface area contributed by atoms with Crippen LogP contribution >= 0.6 is 0 Å². The van der Waals surface area contributed by atoms with Crippen molar-refractivity contribution in [3.8, 4) is 0 Å². The maximum atomic E-state index is 11.9. The van der Waals surface area contributed by atoms with E-state index < -0.39 is 0 Å². The van der Waals surface area contributed by atoms with E-state index >= 15 is 0 Å². The number of nitrogens with one attached hydrogen (secondary N) is 2. The van der Waals surface area contributed by atoms with E-state index in [2.05, 4.69) is 38.7 Å². The van der Waals surface area contributed by atoms with Crippen molar-refractivity contribution in [2.45, 2.75) is 44.7 Å². The van der Waals surface area contributed by atoms with E-state index in [1.807, 2.05) is 23.1 Å². The monoisotopic (exact) mass is 423 g/mol. The Balaban J connectivity index is 1.31. The van der Waals surface area contributed by atoms with Crippen molar-refractivity contribution in [2.24, 2.45) is 4.99 Å². The number of likely N-dealkylation sites (tertiary alicyclic amines) is 1. The van der Waals surface area contributed by atoms with Gasteiger partial charge < -0.3 is 20.0 Å². The molecule has 2 aliphatic heterocycles. The third-order valence-electron chi connectivity index (χ3n) is 6.17. The molecule has 4 rings (SSSR count). The van der Waals surface area contributed by atoms with Crippen LogP contribution in [0.5, 0.6) is 0 Å². The fourth-order valence-electron chi connectivity index (χ4n) is 4.44. The zero-order valence-electron chi connectivity index (χ0n) is 18.3. The molecule has 166 valence electrons. The Kier molecular flexibility index (Phi) is 7.25. The number of carbonyl (C=O) groups is 1. The highest BCUT2D eigenvalue weighted by molar-refractivity contribution is 5.95. The van der Waals surface area contributed by atoms with Crippen molar-refractivity contribution >= 4 is 17.6 Å². The van der Waals surface area contributed by atoms with Crippen molar-refractivity contribution in [1.29, 1.82) is 0 Å². The smallest absolute Gasteiger partial charge is 0.227 e. The number of hydrogen-bond donors (Lipinski definition) is 2. The Morgan fingerprint density at radius 3 is 2.52 bits per heavy atom. The first-order valence-corrected chi connectivity index (χ1v) is 11.4. The molecule has 1 amide bonds. The first-order valence-electron chi connectivity index (χ1n) is 11.4. The second kappa shape index (κ2) is 10.5. The topological polar surface area (TPSA) is 73.1 Å². The third-order valence-corrected chi connectivity index (χ3v) is 6.17. The molecular formula is C24H33N5O2. The number of guanidine groups is 1. The van der Waals surface area contributed by atoms with Gasteiger partial charge >= 0.3 is 0 Å². The van der Waals surface area contributed by atoms with Gasteiger partial charge in [-0.3, -0.25) is 14.7 Å². The molecule has 1 aromatic carbocycles. The average molecular weight is 424 g/mol. The minimum Gasteiger partial charge on any atom is -0.468 e. The number of amides is 1. The maximum Gasteiger partial charge on any atom is 0.227 e. The summed E-state index contributed by atoms with van der Waals surface area (Å²) < 4.78 is 5.74. The summed E-state index contributed by atoms with van der Waals surface area (Å²) >= 11 is 0. The molecule has 0 spiro atoms. The normalized spacial score (nSPS) is 18.9. The van der Waals surface area contributed by atoms with Crippen LogP contribution in [0.4, 0.5) is 5.69 Å². The zero-order chi connectivity index (χ0) is 21.5. The third kappa shape index (κ3) is 5.47. The van der Waals surface area contributed by atoms with E-state index in [-0.39, 0.29) is 11.9 Å². The Morgan fingerprint density at radius 2 is 1.87 bits per heavy atom. The first-order chi connectivity index (χ1) is 15.2. The lowest BCUT2D eigenvalue weighted by atomic mass is 10.1. The molecule has 3 heterocycles. The van der Waals surface area contributed by atoms with Gasteiger partial charge in [0.1, 0.15) is 5.76 Å². The van der Waals surface area contributed by atoms with Gasteiger partial charge in [0, 0.05) is 38.8 Å². The number of hydrogen-bond acceptors (Lipinski definition) is 4. The van der Waals surface area contributed by atoms with Crippen molar-refractivity contribution < 1.29 is 9.21 Å². The van der Waals surface area contributed by atoms with Gasteiger partial charge in [0.05, 0.1) is 12.3 Å². The van der Waals surface area contributed by atoms with Crippen LogP contribution in [0.2, 0.25) is 0 Å². The van der Waals surface area contributed by atoms with E-state index in [0.717, 1.165) is 55.6 Å². The number of aliphatic imine (C=N–C) groups is 1. The summed E-state index contributed by atoms with van der Waals surface area (Å²) in [6.07, 6.45) is 7.14. The van der Waals surface area contributed by atoms with Gasteiger partial charge in [-0.1, -0.05) is 18.6 Å². The second-order valence-electron chi connectivity index (χ2n) is 8.25.